The van der Waals surface area contributed by atoms with Crippen LogP contribution in [-0.4, -0.2) is 66.9 Å². The van der Waals surface area contributed by atoms with Gasteiger partial charge in [-0.05, 0) is 6.42 Å². The van der Waals surface area contributed by atoms with E-state index < -0.39 is 9.84 Å². The average molecular weight is 358 g/mol. The van der Waals surface area contributed by atoms with E-state index in [1.54, 1.807) is 11.3 Å². The Hall–Kier alpha value is -0.500. The number of sulfone groups is 1. The standard InChI is InChI=1S/C16H27N3O2S2/c1-16(2,3)14-11-22-15(17-14)10-18-5-7-19(8-6-18)13-4-9-23(20,21)12-13/h11,13H,4-10,12H2,1-3H3. The summed E-state index contributed by atoms with van der Waals surface area (Å²) in [7, 11) is -2.78. The summed E-state index contributed by atoms with van der Waals surface area (Å²) in [6.45, 7) is 11.4. The zero-order chi connectivity index (χ0) is 16.7. The molecular weight excluding hydrogens is 330 g/mol. The molecule has 0 bridgehead atoms. The van der Waals surface area contributed by atoms with Crippen molar-refractivity contribution >= 4 is 21.2 Å². The molecule has 0 radical (unpaired) electrons. The molecular formula is C16H27N3O2S2. The van der Waals surface area contributed by atoms with Crippen LogP contribution in [0.25, 0.3) is 0 Å². The van der Waals surface area contributed by atoms with Gasteiger partial charge in [0.15, 0.2) is 9.84 Å². The van der Waals surface area contributed by atoms with Crippen LogP contribution in [0.2, 0.25) is 0 Å². The summed E-state index contributed by atoms with van der Waals surface area (Å²) in [5, 5.41) is 3.36. The molecule has 1 aromatic rings. The molecule has 1 atom stereocenters. The van der Waals surface area contributed by atoms with Crippen molar-refractivity contribution in [3.8, 4) is 0 Å². The van der Waals surface area contributed by atoms with E-state index in [-0.39, 0.29) is 11.5 Å². The molecule has 0 N–H and O–H groups in total. The van der Waals surface area contributed by atoms with Gasteiger partial charge in [-0.1, -0.05) is 20.8 Å². The Bertz CT molecular complexity index is 641. The normalized spacial score (nSPS) is 26.7. The predicted molar refractivity (Wildman–Crippen MR) is 94.7 cm³/mol. The Kier molecular flexibility index (Phi) is 4.84. The molecule has 3 heterocycles. The van der Waals surface area contributed by atoms with Crippen LogP contribution in [0.1, 0.15) is 37.9 Å². The van der Waals surface area contributed by atoms with Gasteiger partial charge in [0, 0.05) is 43.0 Å². The van der Waals surface area contributed by atoms with Crippen LogP contribution < -0.4 is 0 Å². The minimum absolute atomic E-state index is 0.113. The number of hydrogen-bond donors (Lipinski definition) is 0. The molecule has 1 aromatic heterocycles. The molecule has 2 saturated heterocycles. The Morgan fingerprint density at radius 2 is 1.96 bits per heavy atom. The second kappa shape index (κ2) is 6.43. The minimum Gasteiger partial charge on any atom is -0.297 e. The van der Waals surface area contributed by atoms with E-state index in [0.717, 1.165) is 39.1 Å². The van der Waals surface area contributed by atoms with Gasteiger partial charge in [0.1, 0.15) is 5.01 Å². The SMILES string of the molecule is CC(C)(C)c1csc(CN2CCN(C3CCS(=O)(=O)C3)CC2)n1. The Morgan fingerprint density at radius 3 is 2.48 bits per heavy atom. The van der Waals surface area contributed by atoms with Crippen LogP contribution >= 0.6 is 11.3 Å². The van der Waals surface area contributed by atoms with Gasteiger partial charge in [0.05, 0.1) is 23.7 Å². The van der Waals surface area contributed by atoms with E-state index in [2.05, 4.69) is 36.0 Å². The summed E-state index contributed by atoms with van der Waals surface area (Å²) >= 11 is 1.75. The average Bonchev–Trinajstić information content (AvgIpc) is 3.06. The first-order valence-electron chi connectivity index (χ1n) is 8.35. The Morgan fingerprint density at radius 1 is 1.26 bits per heavy atom. The molecule has 2 fully saturated rings. The fraction of sp³-hybridized carbons (Fsp3) is 0.812. The van der Waals surface area contributed by atoms with E-state index >= 15 is 0 Å². The molecule has 0 amide bonds. The van der Waals surface area contributed by atoms with Crippen molar-refractivity contribution in [1.29, 1.82) is 0 Å². The quantitative estimate of drug-likeness (QED) is 0.825. The Labute approximate surface area is 143 Å². The van der Waals surface area contributed by atoms with Crippen LogP contribution in [0.3, 0.4) is 0 Å². The van der Waals surface area contributed by atoms with Gasteiger partial charge in [-0.15, -0.1) is 11.3 Å². The van der Waals surface area contributed by atoms with Gasteiger partial charge in [-0.25, -0.2) is 13.4 Å². The molecule has 0 aliphatic carbocycles. The topological polar surface area (TPSA) is 53.5 Å². The summed E-state index contributed by atoms with van der Waals surface area (Å²) in [6.07, 6.45) is 0.809. The zero-order valence-electron chi connectivity index (χ0n) is 14.3. The van der Waals surface area contributed by atoms with Gasteiger partial charge in [-0.3, -0.25) is 9.80 Å². The third kappa shape index (κ3) is 4.32. The van der Waals surface area contributed by atoms with Crippen molar-refractivity contribution in [2.75, 3.05) is 37.7 Å². The maximum Gasteiger partial charge on any atom is 0.151 e. The number of piperazine rings is 1. The molecule has 1 unspecified atom stereocenters. The zero-order valence-corrected chi connectivity index (χ0v) is 15.9. The molecule has 2 aliphatic rings. The predicted octanol–water partition coefficient (Wildman–Crippen LogP) is 1.75. The van der Waals surface area contributed by atoms with Gasteiger partial charge < -0.3 is 0 Å². The highest BCUT2D eigenvalue weighted by atomic mass is 32.2. The fourth-order valence-corrected chi connectivity index (χ4v) is 6.09. The summed E-state index contributed by atoms with van der Waals surface area (Å²) in [5.74, 6) is 0.723. The van der Waals surface area contributed by atoms with Gasteiger partial charge in [-0.2, -0.15) is 0 Å². The van der Waals surface area contributed by atoms with Crippen LogP contribution in [0.4, 0.5) is 0 Å². The highest BCUT2D eigenvalue weighted by Crippen LogP contribution is 2.25. The summed E-state index contributed by atoms with van der Waals surface area (Å²) in [4.78, 5) is 9.58. The van der Waals surface area contributed by atoms with Gasteiger partial charge >= 0.3 is 0 Å². The number of thiazole rings is 1. The number of nitrogens with zero attached hydrogens (tertiary/aromatic N) is 3. The third-order valence-corrected chi connectivity index (χ3v) is 7.39. The van der Waals surface area contributed by atoms with E-state index in [1.165, 1.54) is 10.7 Å². The molecule has 7 heteroatoms. The highest BCUT2D eigenvalue weighted by Gasteiger charge is 2.33. The molecule has 0 spiro atoms. The minimum atomic E-state index is -2.78. The smallest absolute Gasteiger partial charge is 0.151 e. The fourth-order valence-electron chi connectivity index (χ4n) is 3.27. The first kappa shape index (κ1) is 17.3. The van der Waals surface area contributed by atoms with Crippen LogP contribution in [0, 0.1) is 0 Å². The second-order valence-electron chi connectivity index (χ2n) is 7.75. The lowest BCUT2D eigenvalue weighted by Gasteiger charge is -2.37. The van der Waals surface area contributed by atoms with Crippen molar-refractivity contribution in [2.45, 2.75) is 45.2 Å². The van der Waals surface area contributed by atoms with Crippen molar-refractivity contribution in [3.63, 3.8) is 0 Å². The van der Waals surface area contributed by atoms with Crippen LogP contribution in [-0.2, 0) is 21.8 Å². The van der Waals surface area contributed by atoms with Crippen molar-refractivity contribution in [1.82, 2.24) is 14.8 Å². The Balaban J connectivity index is 1.51. The van der Waals surface area contributed by atoms with Gasteiger partial charge in [0.25, 0.3) is 0 Å². The largest absolute Gasteiger partial charge is 0.297 e. The number of hydrogen-bond acceptors (Lipinski definition) is 6. The van der Waals surface area contributed by atoms with E-state index in [0.29, 0.717) is 11.5 Å². The van der Waals surface area contributed by atoms with E-state index in [1.807, 2.05) is 0 Å². The maximum atomic E-state index is 11.6. The van der Waals surface area contributed by atoms with Crippen LogP contribution in [0.5, 0.6) is 0 Å². The molecule has 130 valence electrons. The molecule has 0 saturated carbocycles. The molecule has 3 rings (SSSR count). The van der Waals surface area contributed by atoms with E-state index in [4.69, 9.17) is 4.98 Å². The van der Waals surface area contributed by atoms with Crippen molar-refractivity contribution in [2.24, 2.45) is 0 Å². The number of rotatable bonds is 3. The summed E-state index contributed by atoms with van der Waals surface area (Å²) in [5.41, 5.74) is 1.29. The lowest BCUT2D eigenvalue weighted by atomic mass is 9.93. The summed E-state index contributed by atoms with van der Waals surface area (Å²) < 4.78 is 23.3. The molecule has 0 aromatic carbocycles. The first-order valence-corrected chi connectivity index (χ1v) is 11.0. The van der Waals surface area contributed by atoms with E-state index in [9.17, 15) is 8.42 Å². The van der Waals surface area contributed by atoms with Crippen molar-refractivity contribution < 1.29 is 8.42 Å². The first-order chi connectivity index (χ1) is 10.7. The molecule has 2 aliphatic heterocycles. The molecule has 23 heavy (non-hydrogen) atoms. The van der Waals surface area contributed by atoms with Crippen molar-refractivity contribution in [3.05, 3.63) is 16.1 Å². The third-order valence-electron chi connectivity index (χ3n) is 4.81. The number of aromatic nitrogens is 1. The second-order valence-corrected chi connectivity index (χ2v) is 10.9. The lowest BCUT2D eigenvalue weighted by molar-refractivity contribution is 0.0999. The molecule has 5 nitrogen and oxygen atoms in total. The monoisotopic (exact) mass is 357 g/mol. The lowest BCUT2D eigenvalue weighted by Crippen LogP contribution is -2.50. The van der Waals surface area contributed by atoms with Gasteiger partial charge in [0.2, 0.25) is 0 Å². The maximum absolute atomic E-state index is 11.6. The van der Waals surface area contributed by atoms with Crippen LogP contribution in [0.15, 0.2) is 5.38 Å². The highest BCUT2D eigenvalue weighted by molar-refractivity contribution is 7.91. The summed E-state index contributed by atoms with van der Waals surface area (Å²) in [6, 6.07) is 0.245.